The van der Waals surface area contributed by atoms with E-state index in [0.717, 1.165) is 31.6 Å². The third kappa shape index (κ3) is 5.08. The van der Waals surface area contributed by atoms with Crippen LogP contribution < -0.4 is 19.7 Å². The highest BCUT2D eigenvalue weighted by Gasteiger charge is 2.46. The molecule has 3 fully saturated rings. The maximum Gasteiger partial charge on any atom is 0.322 e. The third-order valence-electron chi connectivity index (χ3n) is 7.77. The Morgan fingerprint density at radius 2 is 1.89 bits per heavy atom. The van der Waals surface area contributed by atoms with Crippen LogP contribution in [0.2, 0.25) is 5.02 Å². The van der Waals surface area contributed by atoms with Crippen LogP contribution in [0.15, 0.2) is 36.5 Å². The molecule has 2 aromatic heterocycles. The van der Waals surface area contributed by atoms with E-state index in [4.69, 9.17) is 21.1 Å². The number of halogens is 4. The summed E-state index contributed by atoms with van der Waals surface area (Å²) in [4.78, 5) is 11.1. The van der Waals surface area contributed by atoms with Crippen molar-refractivity contribution >= 4 is 23.2 Å². The molecule has 0 radical (unpaired) electrons. The van der Waals surface area contributed by atoms with Crippen molar-refractivity contribution in [3.05, 3.63) is 47.4 Å². The number of pyridine rings is 1. The molecule has 1 aliphatic heterocycles. The van der Waals surface area contributed by atoms with Crippen molar-refractivity contribution in [1.29, 1.82) is 0 Å². The van der Waals surface area contributed by atoms with Crippen LogP contribution in [-0.2, 0) is 6.54 Å². The highest BCUT2D eigenvalue weighted by Crippen LogP contribution is 2.44. The molecule has 0 unspecified atom stereocenters. The number of nitrogens with one attached hydrogen (secondary N) is 1. The Balaban J connectivity index is 1.19. The van der Waals surface area contributed by atoms with Gasteiger partial charge >= 0.3 is 6.01 Å². The lowest BCUT2D eigenvalue weighted by Gasteiger charge is -2.39. The quantitative estimate of drug-likeness (QED) is 0.390. The van der Waals surface area contributed by atoms with Gasteiger partial charge in [0, 0.05) is 62.5 Å². The Morgan fingerprint density at radius 3 is 2.58 bits per heavy atom. The smallest absolute Gasteiger partial charge is 0.322 e. The first-order valence-corrected chi connectivity index (χ1v) is 13.1. The average molecular weight is 549 g/mol. The number of fused-ring (bicyclic) bond motifs is 2. The van der Waals surface area contributed by atoms with Crippen LogP contribution in [0, 0.1) is 23.6 Å². The van der Waals surface area contributed by atoms with Crippen LogP contribution in [0.25, 0.3) is 0 Å². The molecule has 3 atom stereocenters. The Kier molecular flexibility index (Phi) is 6.49. The molecule has 2 aliphatic carbocycles. The van der Waals surface area contributed by atoms with Crippen molar-refractivity contribution in [1.82, 2.24) is 19.7 Å². The predicted octanol–water partition coefficient (Wildman–Crippen LogP) is 5.64. The molecule has 1 N–H and O–H groups in total. The fourth-order valence-corrected chi connectivity index (χ4v) is 6.08. The van der Waals surface area contributed by atoms with Crippen molar-refractivity contribution in [2.75, 3.05) is 30.4 Å². The van der Waals surface area contributed by atoms with E-state index in [2.05, 4.69) is 25.3 Å². The molecular formula is C26H28ClF3N6O2. The minimum Gasteiger partial charge on any atom is -0.481 e. The van der Waals surface area contributed by atoms with Gasteiger partial charge in [-0.25, -0.2) is 22.8 Å². The molecule has 3 aromatic rings. The van der Waals surface area contributed by atoms with E-state index in [1.807, 2.05) is 12.1 Å². The second-order valence-electron chi connectivity index (χ2n) is 10.4. The summed E-state index contributed by atoms with van der Waals surface area (Å²) in [6, 6.07) is 8.26. The van der Waals surface area contributed by atoms with Crippen molar-refractivity contribution in [2.45, 2.75) is 44.2 Å². The number of rotatable bonds is 8. The van der Waals surface area contributed by atoms with Gasteiger partial charge in [0.15, 0.2) is 0 Å². The monoisotopic (exact) mass is 548 g/mol. The van der Waals surface area contributed by atoms with E-state index >= 15 is 0 Å². The summed E-state index contributed by atoms with van der Waals surface area (Å²) >= 11 is 5.91. The minimum absolute atomic E-state index is 0.0827. The van der Waals surface area contributed by atoms with E-state index in [9.17, 15) is 13.2 Å². The Bertz CT molecular complexity index is 1300. The lowest BCUT2D eigenvalue weighted by atomic mass is 9.81. The molecule has 0 spiro atoms. The van der Waals surface area contributed by atoms with Crippen LogP contribution in [0.3, 0.4) is 0 Å². The molecule has 8 nitrogen and oxygen atoms in total. The SMILES string of the molecule is COc1cc(N2C[C@H]3CC[C@@H](C2)[C@H]3Nc2nc(Oc3ccc(F)c(Cl)c3)n(CC3CC(F)(F)C3)n2)ccn1. The normalized spacial score (nSPS) is 24.2. The molecule has 12 heteroatoms. The van der Waals surface area contributed by atoms with E-state index in [0.29, 0.717) is 23.7 Å². The zero-order chi connectivity index (χ0) is 26.4. The molecule has 0 amide bonds. The van der Waals surface area contributed by atoms with Gasteiger partial charge in [-0.3, -0.25) is 0 Å². The van der Waals surface area contributed by atoms with Gasteiger partial charge in [-0.05, 0) is 48.8 Å². The van der Waals surface area contributed by atoms with Crippen LogP contribution in [0.4, 0.5) is 24.8 Å². The summed E-state index contributed by atoms with van der Waals surface area (Å²) < 4.78 is 53.2. The number of hydrogen-bond acceptors (Lipinski definition) is 7. The summed E-state index contributed by atoms with van der Waals surface area (Å²) in [6.07, 6.45) is 3.52. The van der Waals surface area contributed by atoms with E-state index in [1.165, 1.54) is 22.9 Å². The largest absolute Gasteiger partial charge is 0.481 e. The molecular weight excluding hydrogens is 521 g/mol. The average Bonchev–Trinajstić information content (AvgIpc) is 3.34. The lowest BCUT2D eigenvalue weighted by Crippen LogP contribution is -2.48. The van der Waals surface area contributed by atoms with Crippen molar-refractivity contribution in [2.24, 2.45) is 17.8 Å². The summed E-state index contributed by atoms with van der Waals surface area (Å²) in [5.41, 5.74) is 1.08. The highest BCUT2D eigenvalue weighted by molar-refractivity contribution is 6.30. The molecule has 3 aliphatic rings. The van der Waals surface area contributed by atoms with Gasteiger partial charge in [0.05, 0.1) is 12.1 Å². The number of hydrogen-bond donors (Lipinski definition) is 1. The lowest BCUT2D eigenvalue weighted by molar-refractivity contribution is -0.115. The number of alkyl halides is 2. The molecule has 38 heavy (non-hydrogen) atoms. The third-order valence-corrected chi connectivity index (χ3v) is 8.06. The molecule has 202 valence electrons. The molecule has 1 saturated heterocycles. The summed E-state index contributed by atoms with van der Waals surface area (Å²) in [7, 11) is 1.61. The zero-order valence-electron chi connectivity index (χ0n) is 20.8. The van der Waals surface area contributed by atoms with Crippen LogP contribution in [0.5, 0.6) is 17.6 Å². The maximum absolute atomic E-state index is 13.6. The fourth-order valence-electron chi connectivity index (χ4n) is 5.91. The molecule has 3 heterocycles. The number of aromatic nitrogens is 4. The zero-order valence-corrected chi connectivity index (χ0v) is 21.5. The first kappa shape index (κ1) is 25.1. The topological polar surface area (TPSA) is 77.3 Å². The molecule has 2 saturated carbocycles. The van der Waals surface area contributed by atoms with Crippen LogP contribution >= 0.6 is 11.6 Å². The van der Waals surface area contributed by atoms with Gasteiger partial charge in [0.2, 0.25) is 17.8 Å². The summed E-state index contributed by atoms with van der Waals surface area (Å²) in [5, 5.41) is 8.01. The number of benzene rings is 1. The first-order chi connectivity index (χ1) is 18.3. The van der Waals surface area contributed by atoms with Crippen LogP contribution in [-0.4, -0.2) is 51.9 Å². The maximum atomic E-state index is 13.6. The fraction of sp³-hybridized carbons (Fsp3) is 0.500. The van der Waals surface area contributed by atoms with Gasteiger partial charge in [0.25, 0.3) is 0 Å². The van der Waals surface area contributed by atoms with Gasteiger partial charge in [-0.1, -0.05) is 11.6 Å². The first-order valence-electron chi connectivity index (χ1n) is 12.7. The second kappa shape index (κ2) is 9.83. The van der Waals surface area contributed by atoms with Crippen molar-refractivity contribution in [3.63, 3.8) is 0 Å². The molecule has 6 rings (SSSR count). The number of ether oxygens (including phenoxy) is 2. The molecule has 1 aromatic carbocycles. The number of piperidine rings is 1. The highest BCUT2D eigenvalue weighted by atomic mass is 35.5. The second-order valence-corrected chi connectivity index (χ2v) is 10.8. The number of nitrogens with zero attached hydrogens (tertiary/aromatic N) is 5. The van der Waals surface area contributed by atoms with E-state index in [-0.39, 0.29) is 48.1 Å². The van der Waals surface area contributed by atoms with Gasteiger partial charge in [-0.15, -0.1) is 5.10 Å². The Hall–Kier alpha value is -3.21. The summed E-state index contributed by atoms with van der Waals surface area (Å²) in [5.74, 6) is -1.40. The van der Waals surface area contributed by atoms with Gasteiger partial charge < -0.3 is 19.7 Å². The van der Waals surface area contributed by atoms with Crippen molar-refractivity contribution < 1.29 is 22.6 Å². The van der Waals surface area contributed by atoms with Crippen molar-refractivity contribution in [3.8, 4) is 17.6 Å². The van der Waals surface area contributed by atoms with E-state index in [1.54, 1.807) is 13.3 Å². The van der Waals surface area contributed by atoms with Gasteiger partial charge in [-0.2, -0.15) is 4.98 Å². The van der Waals surface area contributed by atoms with Crippen LogP contribution in [0.1, 0.15) is 25.7 Å². The number of anilines is 2. The predicted molar refractivity (Wildman–Crippen MR) is 136 cm³/mol. The van der Waals surface area contributed by atoms with E-state index < -0.39 is 11.7 Å². The Morgan fingerprint density at radius 1 is 1.13 bits per heavy atom. The summed E-state index contributed by atoms with van der Waals surface area (Å²) in [6.45, 7) is 2.00. The molecule has 2 bridgehead atoms. The minimum atomic E-state index is -2.64. The Labute approximate surface area is 223 Å². The van der Waals surface area contributed by atoms with Gasteiger partial charge in [0.1, 0.15) is 11.6 Å². The number of methoxy groups -OCH3 is 1. The standard InChI is InChI=1S/C26H28ClF3N6O2/c1-37-22-8-18(6-7-31-22)35-13-16-2-3-17(14-35)23(16)32-24-33-25(38-19-4-5-21(28)20(27)9-19)36(34-24)12-15-10-26(29,30)11-15/h4-9,15-17,23H,2-3,10-14H2,1H3,(H,32,34)/t16-,17+,23+.